The van der Waals surface area contributed by atoms with E-state index in [1.807, 2.05) is 39.1 Å². The predicted molar refractivity (Wildman–Crippen MR) is 87.9 cm³/mol. The molecule has 114 valence electrons. The molecule has 0 aromatic heterocycles. The van der Waals surface area contributed by atoms with Gasteiger partial charge in [0.2, 0.25) is 0 Å². The highest BCUT2D eigenvalue weighted by molar-refractivity contribution is 6.42. The average molecular weight is 318 g/mol. The van der Waals surface area contributed by atoms with Gasteiger partial charge in [-0.1, -0.05) is 43.1 Å². The highest BCUT2D eigenvalue weighted by Crippen LogP contribution is 2.35. The topological polar surface area (TPSA) is 32.3 Å². The van der Waals surface area contributed by atoms with Crippen molar-refractivity contribution in [2.45, 2.75) is 51.0 Å². The van der Waals surface area contributed by atoms with Crippen LogP contribution in [0.25, 0.3) is 0 Å². The monoisotopic (exact) mass is 317 g/mol. The molecular formula is C16H25Cl2NO. The van der Waals surface area contributed by atoms with Gasteiger partial charge in [0, 0.05) is 12.0 Å². The van der Waals surface area contributed by atoms with E-state index in [4.69, 9.17) is 23.2 Å². The zero-order valence-electron chi connectivity index (χ0n) is 12.8. The molecule has 2 unspecified atom stereocenters. The van der Waals surface area contributed by atoms with Crippen molar-refractivity contribution in [1.82, 2.24) is 5.32 Å². The van der Waals surface area contributed by atoms with Gasteiger partial charge in [-0.15, -0.1) is 0 Å². The summed E-state index contributed by atoms with van der Waals surface area (Å²) in [5, 5.41) is 14.6. The number of halogens is 2. The molecule has 0 radical (unpaired) electrons. The highest BCUT2D eigenvalue weighted by Gasteiger charge is 2.30. The van der Waals surface area contributed by atoms with E-state index in [0.717, 1.165) is 31.4 Å². The molecule has 0 saturated carbocycles. The van der Waals surface area contributed by atoms with Crippen molar-refractivity contribution in [2.24, 2.45) is 0 Å². The number of benzene rings is 1. The Morgan fingerprint density at radius 2 is 1.80 bits per heavy atom. The number of likely N-dealkylation sites (N-methyl/N-ethyl adjacent to an activating group) is 1. The van der Waals surface area contributed by atoms with Crippen LogP contribution < -0.4 is 5.32 Å². The number of nitrogens with one attached hydrogen (secondary N) is 1. The maximum Gasteiger partial charge on any atom is 0.0617 e. The van der Waals surface area contributed by atoms with Crippen LogP contribution in [0.2, 0.25) is 10.0 Å². The average Bonchev–Trinajstić information content (AvgIpc) is 2.40. The quantitative estimate of drug-likeness (QED) is 0.780. The molecule has 0 aliphatic heterocycles. The second kappa shape index (κ2) is 7.13. The molecule has 1 aromatic rings. The number of hydrogen-bond donors (Lipinski definition) is 2. The summed E-state index contributed by atoms with van der Waals surface area (Å²) < 4.78 is 0. The first-order valence-corrected chi connectivity index (χ1v) is 7.82. The largest absolute Gasteiger partial charge is 0.390 e. The summed E-state index contributed by atoms with van der Waals surface area (Å²) >= 11 is 12.1. The fourth-order valence-electron chi connectivity index (χ4n) is 2.32. The van der Waals surface area contributed by atoms with Gasteiger partial charge in [-0.05, 0) is 50.9 Å². The molecule has 4 heteroatoms. The van der Waals surface area contributed by atoms with Crippen molar-refractivity contribution in [1.29, 1.82) is 0 Å². The molecule has 0 amide bonds. The second-order valence-corrected chi connectivity index (χ2v) is 6.88. The molecular weight excluding hydrogens is 293 g/mol. The van der Waals surface area contributed by atoms with Gasteiger partial charge >= 0.3 is 0 Å². The molecule has 2 N–H and O–H groups in total. The summed E-state index contributed by atoms with van der Waals surface area (Å²) in [5.41, 5.74) is 0.445. The van der Waals surface area contributed by atoms with E-state index in [9.17, 15) is 5.11 Å². The third-order valence-electron chi connectivity index (χ3n) is 4.16. The van der Waals surface area contributed by atoms with Crippen molar-refractivity contribution in [3.05, 3.63) is 33.8 Å². The van der Waals surface area contributed by atoms with Crippen LogP contribution in [0.15, 0.2) is 18.2 Å². The number of rotatable bonds is 7. The Morgan fingerprint density at radius 3 is 2.30 bits per heavy atom. The Kier molecular flexibility index (Phi) is 6.33. The third-order valence-corrected chi connectivity index (χ3v) is 4.90. The van der Waals surface area contributed by atoms with Crippen molar-refractivity contribution in [2.75, 3.05) is 13.6 Å². The molecule has 0 aliphatic rings. The summed E-state index contributed by atoms with van der Waals surface area (Å²) in [4.78, 5) is 0. The van der Waals surface area contributed by atoms with E-state index < -0.39 is 5.60 Å². The van der Waals surface area contributed by atoms with E-state index in [-0.39, 0.29) is 5.41 Å². The first-order valence-electron chi connectivity index (χ1n) is 7.06. The standard InChI is InChI=1S/C16H25Cl2NO/c1-5-16(3,20)9-8-15(2,11-19-4)12-6-7-13(17)14(18)10-12/h6-7,10,19-20H,5,8-9,11H2,1-4H3. The lowest BCUT2D eigenvalue weighted by Crippen LogP contribution is -2.36. The van der Waals surface area contributed by atoms with Crippen LogP contribution in [0, 0.1) is 0 Å². The van der Waals surface area contributed by atoms with E-state index in [1.54, 1.807) is 0 Å². The lowest BCUT2D eigenvalue weighted by atomic mass is 9.76. The van der Waals surface area contributed by atoms with Crippen molar-refractivity contribution < 1.29 is 5.11 Å². The van der Waals surface area contributed by atoms with Gasteiger partial charge in [0.25, 0.3) is 0 Å². The summed E-state index contributed by atoms with van der Waals surface area (Å²) in [6.07, 6.45) is 2.39. The van der Waals surface area contributed by atoms with Crippen molar-refractivity contribution >= 4 is 23.2 Å². The molecule has 0 spiro atoms. The van der Waals surface area contributed by atoms with Crippen LogP contribution in [-0.2, 0) is 5.41 Å². The second-order valence-electron chi connectivity index (χ2n) is 6.07. The maximum atomic E-state index is 10.2. The molecule has 1 rings (SSSR count). The Hall–Kier alpha value is -0.280. The Labute approximate surface area is 132 Å². The fourth-order valence-corrected chi connectivity index (χ4v) is 2.62. The molecule has 0 aliphatic carbocycles. The van der Waals surface area contributed by atoms with Crippen LogP contribution in [0.5, 0.6) is 0 Å². The Balaban J connectivity index is 2.98. The minimum atomic E-state index is -0.620. The normalized spacial score (nSPS) is 17.6. The summed E-state index contributed by atoms with van der Waals surface area (Å²) in [5.74, 6) is 0. The van der Waals surface area contributed by atoms with Crippen molar-refractivity contribution in [3.8, 4) is 0 Å². The Bertz CT molecular complexity index is 448. The van der Waals surface area contributed by atoms with Gasteiger partial charge in [0.15, 0.2) is 0 Å². The van der Waals surface area contributed by atoms with Gasteiger partial charge < -0.3 is 10.4 Å². The lowest BCUT2D eigenvalue weighted by Gasteiger charge is -2.33. The minimum Gasteiger partial charge on any atom is -0.390 e. The molecule has 0 heterocycles. The molecule has 0 fully saturated rings. The molecule has 2 atom stereocenters. The summed E-state index contributed by atoms with van der Waals surface area (Å²) in [7, 11) is 1.94. The SMILES string of the molecule is CCC(C)(O)CCC(C)(CNC)c1ccc(Cl)c(Cl)c1. The van der Waals surface area contributed by atoms with Crippen LogP contribution in [0.3, 0.4) is 0 Å². The predicted octanol–water partition coefficient (Wildman–Crippen LogP) is 4.41. The van der Waals surface area contributed by atoms with Gasteiger partial charge in [0.1, 0.15) is 0 Å². The maximum absolute atomic E-state index is 10.2. The van der Waals surface area contributed by atoms with E-state index in [1.165, 1.54) is 0 Å². The molecule has 0 saturated heterocycles. The van der Waals surface area contributed by atoms with Gasteiger partial charge in [-0.2, -0.15) is 0 Å². The van der Waals surface area contributed by atoms with Gasteiger partial charge in [0.05, 0.1) is 15.6 Å². The van der Waals surface area contributed by atoms with Crippen LogP contribution >= 0.6 is 23.2 Å². The van der Waals surface area contributed by atoms with Crippen LogP contribution in [0.1, 0.15) is 45.6 Å². The molecule has 2 nitrogen and oxygen atoms in total. The smallest absolute Gasteiger partial charge is 0.0617 e. The van der Waals surface area contributed by atoms with Crippen LogP contribution in [0.4, 0.5) is 0 Å². The zero-order chi connectivity index (χ0) is 15.4. The molecule has 20 heavy (non-hydrogen) atoms. The van der Waals surface area contributed by atoms with Gasteiger partial charge in [-0.25, -0.2) is 0 Å². The van der Waals surface area contributed by atoms with E-state index in [0.29, 0.717) is 10.0 Å². The van der Waals surface area contributed by atoms with E-state index >= 15 is 0 Å². The zero-order valence-corrected chi connectivity index (χ0v) is 14.3. The third kappa shape index (κ3) is 4.63. The molecule has 0 bridgehead atoms. The Morgan fingerprint density at radius 1 is 1.15 bits per heavy atom. The first kappa shape index (κ1) is 17.8. The minimum absolute atomic E-state index is 0.0812. The molecule has 1 aromatic carbocycles. The van der Waals surface area contributed by atoms with Crippen molar-refractivity contribution in [3.63, 3.8) is 0 Å². The lowest BCUT2D eigenvalue weighted by molar-refractivity contribution is 0.0386. The number of aliphatic hydroxyl groups is 1. The summed E-state index contributed by atoms with van der Waals surface area (Å²) in [6, 6.07) is 5.79. The van der Waals surface area contributed by atoms with Gasteiger partial charge in [-0.3, -0.25) is 0 Å². The van der Waals surface area contributed by atoms with Crippen LogP contribution in [-0.4, -0.2) is 24.3 Å². The summed E-state index contributed by atoms with van der Waals surface area (Å²) in [6.45, 7) is 6.91. The number of hydrogen-bond acceptors (Lipinski definition) is 2. The highest BCUT2D eigenvalue weighted by atomic mass is 35.5. The van der Waals surface area contributed by atoms with E-state index in [2.05, 4.69) is 12.2 Å². The fraction of sp³-hybridized carbons (Fsp3) is 0.625. The first-order chi connectivity index (χ1) is 9.24.